The fourth-order valence-electron chi connectivity index (χ4n) is 4.58. The lowest BCUT2D eigenvalue weighted by Gasteiger charge is -2.36. The number of hydrogen-bond acceptors (Lipinski definition) is 3. The molecule has 1 fully saturated rings. The maximum atomic E-state index is 12.0. The highest BCUT2D eigenvalue weighted by Crippen LogP contribution is 2.30. The predicted octanol–water partition coefficient (Wildman–Crippen LogP) is 5.30. The Labute approximate surface area is 191 Å². The summed E-state index contributed by atoms with van der Waals surface area (Å²) in [7, 11) is 0. The van der Waals surface area contributed by atoms with Crippen molar-refractivity contribution in [3.8, 4) is 11.1 Å². The molecule has 32 heavy (non-hydrogen) atoms. The van der Waals surface area contributed by atoms with Crippen LogP contribution in [-0.4, -0.2) is 48.7 Å². The molecule has 0 aromatic heterocycles. The van der Waals surface area contributed by atoms with E-state index in [1.807, 2.05) is 43.3 Å². The summed E-state index contributed by atoms with van der Waals surface area (Å²) in [6.07, 6.45) is 1.52. The highest BCUT2D eigenvalue weighted by molar-refractivity contribution is 5.80. The van der Waals surface area contributed by atoms with Gasteiger partial charge < -0.3 is 10.0 Å². The van der Waals surface area contributed by atoms with Crippen LogP contribution in [0.3, 0.4) is 0 Å². The molecule has 0 bridgehead atoms. The van der Waals surface area contributed by atoms with Crippen LogP contribution in [0.1, 0.15) is 25.3 Å². The molecule has 1 atom stereocenters. The lowest BCUT2D eigenvalue weighted by atomic mass is 9.78. The van der Waals surface area contributed by atoms with Gasteiger partial charge in [-0.1, -0.05) is 72.8 Å². The monoisotopic (exact) mass is 428 g/mol. The Morgan fingerprint density at radius 1 is 0.844 bits per heavy atom. The van der Waals surface area contributed by atoms with Crippen molar-refractivity contribution in [1.29, 1.82) is 0 Å². The van der Waals surface area contributed by atoms with Crippen LogP contribution >= 0.6 is 0 Å². The van der Waals surface area contributed by atoms with Crippen molar-refractivity contribution in [3.63, 3.8) is 0 Å². The van der Waals surface area contributed by atoms with Gasteiger partial charge in [0.05, 0.1) is 5.41 Å². The first kappa shape index (κ1) is 22.1. The number of piperazine rings is 1. The van der Waals surface area contributed by atoms with Gasteiger partial charge in [-0.05, 0) is 55.1 Å². The molecule has 4 nitrogen and oxygen atoms in total. The number of benzene rings is 3. The third-order valence-electron chi connectivity index (χ3n) is 6.72. The SMILES string of the molecule is CC(CCCN1CCN(c2cccc(-c3ccccc3)c2)CC1)(C(=O)O)c1ccccc1. The fourth-order valence-corrected chi connectivity index (χ4v) is 4.58. The molecule has 1 heterocycles. The van der Waals surface area contributed by atoms with Crippen molar-refractivity contribution in [2.45, 2.75) is 25.2 Å². The van der Waals surface area contributed by atoms with Gasteiger partial charge >= 0.3 is 5.97 Å². The van der Waals surface area contributed by atoms with E-state index in [9.17, 15) is 9.90 Å². The van der Waals surface area contributed by atoms with Crippen LogP contribution in [0, 0.1) is 0 Å². The molecule has 3 aromatic rings. The second kappa shape index (κ2) is 10.0. The molecule has 4 heteroatoms. The Kier molecular flexibility index (Phi) is 6.91. The number of rotatable bonds is 8. The summed E-state index contributed by atoms with van der Waals surface area (Å²) in [6, 6.07) is 28.9. The highest BCUT2D eigenvalue weighted by atomic mass is 16.4. The number of carboxylic acids is 1. The molecule has 1 aliphatic rings. The van der Waals surface area contributed by atoms with Gasteiger partial charge in [0.1, 0.15) is 0 Å². The quantitative estimate of drug-likeness (QED) is 0.529. The zero-order chi connectivity index (χ0) is 22.4. The number of nitrogens with zero attached hydrogens (tertiary/aromatic N) is 2. The topological polar surface area (TPSA) is 43.8 Å². The zero-order valence-corrected chi connectivity index (χ0v) is 18.8. The van der Waals surface area contributed by atoms with Crippen LogP contribution in [0.2, 0.25) is 0 Å². The minimum Gasteiger partial charge on any atom is -0.481 e. The van der Waals surface area contributed by atoms with Gasteiger partial charge in [0.15, 0.2) is 0 Å². The molecule has 1 unspecified atom stereocenters. The molecular formula is C28H32N2O2. The third-order valence-corrected chi connectivity index (χ3v) is 6.72. The first-order valence-electron chi connectivity index (χ1n) is 11.5. The van der Waals surface area contributed by atoms with Crippen LogP contribution in [0.15, 0.2) is 84.9 Å². The third kappa shape index (κ3) is 5.03. The number of carbonyl (C=O) groups is 1. The average Bonchev–Trinajstić information content (AvgIpc) is 2.85. The van der Waals surface area contributed by atoms with Crippen LogP contribution in [0.5, 0.6) is 0 Å². The molecule has 4 rings (SSSR count). The van der Waals surface area contributed by atoms with Crippen molar-refractivity contribution in [2.75, 3.05) is 37.6 Å². The van der Waals surface area contributed by atoms with Gasteiger partial charge in [-0.2, -0.15) is 0 Å². The summed E-state index contributed by atoms with van der Waals surface area (Å²) < 4.78 is 0. The van der Waals surface area contributed by atoms with Gasteiger partial charge in [-0.3, -0.25) is 9.69 Å². The maximum Gasteiger partial charge on any atom is 0.313 e. The van der Waals surface area contributed by atoms with Crippen LogP contribution in [0.4, 0.5) is 5.69 Å². The largest absolute Gasteiger partial charge is 0.481 e. The van der Waals surface area contributed by atoms with Gasteiger partial charge in [-0.25, -0.2) is 0 Å². The zero-order valence-electron chi connectivity index (χ0n) is 18.8. The Hall–Kier alpha value is -3.11. The summed E-state index contributed by atoms with van der Waals surface area (Å²) in [5.74, 6) is -0.744. The Morgan fingerprint density at radius 2 is 1.47 bits per heavy atom. The summed E-state index contributed by atoms with van der Waals surface area (Å²) in [4.78, 5) is 16.9. The first-order valence-corrected chi connectivity index (χ1v) is 11.5. The molecule has 1 aliphatic heterocycles. The van der Waals surface area contributed by atoms with Crippen LogP contribution in [0.25, 0.3) is 11.1 Å². The first-order chi connectivity index (χ1) is 15.6. The molecule has 0 spiro atoms. The van der Waals surface area contributed by atoms with Crippen LogP contribution < -0.4 is 4.90 Å². The average molecular weight is 429 g/mol. The molecule has 1 N–H and O–H groups in total. The Balaban J connectivity index is 1.30. The highest BCUT2D eigenvalue weighted by Gasteiger charge is 2.34. The molecule has 0 amide bonds. The van der Waals surface area contributed by atoms with Crippen molar-refractivity contribution in [3.05, 3.63) is 90.5 Å². The number of aliphatic carboxylic acids is 1. The van der Waals surface area contributed by atoms with E-state index in [-0.39, 0.29) is 0 Å². The summed E-state index contributed by atoms with van der Waals surface area (Å²) in [5.41, 5.74) is 3.82. The van der Waals surface area contributed by atoms with Crippen molar-refractivity contribution in [2.24, 2.45) is 0 Å². The molecular weight excluding hydrogens is 396 g/mol. The smallest absolute Gasteiger partial charge is 0.313 e. The fraction of sp³-hybridized carbons (Fsp3) is 0.321. The summed E-state index contributed by atoms with van der Waals surface area (Å²) >= 11 is 0. The Bertz CT molecular complexity index is 1010. The molecule has 1 saturated heterocycles. The van der Waals surface area contributed by atoms with E-state index in [0.717, 1.165) is 44.7 Å². The minimum atomic E-state index is -0.832. The maximum absolute atomic E-state index is 12.0. The standard InChI is InChI=1S/C28H32N2O2/c1-28(27(31)32,25-13-6-3-7-14-25)16-9-17-29-18-20-30(21-19-29)26-15-8-12-24(22-26)23-10-4-2-5-11-23/h2-8,10-15,22H,9,16-21H2,1H3,(H,31,32). The van der Waals surface area contributed by atoms with E-state index < -0.39 is 11.4 Å². The van der Waals surface area contributed by atoms with Gasteiger partial charge in [-0.15, -0.1) is 0 Å². The van der Waals surface area contributed by atoms with Crippen molar-refractivity contribution in [1.82, 2.24) is 4.90 Å². The number of anilines is 1. The molecule has 0 saturated carbocycles. The van der Waals surface area contributed by atoms with E-state index >= 15 is 0 Å². The molecule has 0 radical (unpaired) electrons. The number of hydrogen-bond donors (Lipinski definition) is 1. The summed E-state index contributed by atoms with van der Waals surface area (Å²) in [5, 5.41) is 9.87. The molecule has 0 aliphatic carbocycles. The second-order valence-electron chi connectivity index (χ2n) is 8.85. The molecule has 166 valence electrons. The van der Waals surface area contributed by atoms with E-state index in [1.54, 1.807) is 0 Å². The van der Waals surface area contributed by atoms with E-state index in [2.05, 4.69) is 58.3 Å². The minimum absolute atomic E-state index is 0.645. The van der Waals surface area contributed by atoms with Crippen LogP contribution in [-0.2, 0) is 10.2 Å². The van der Waals surface area contributed by atoms with Crippen molar-refractivity contribution >= 4 is 11.7 Å². The van der Waals surface area contributed by atoms with E-state index in [1.165, 1.54) is 16.8 Å². The van der Waals surface area contributed by atoms with Gasteiger partial charge in [0.25, 0.3) is 0 Å². The van der Waals surface area contributed by atoms with Crippen molar-refractivity contribution < 1.29 is 9.90 Å². The van der Waals surface area contributed by atoms with E-state index in [4.69, 9.17) is 0 Å². The lowest BCUT2D eigenvalue weighted by Crippen LogP contribution is -2.47. The van der Waals surface area contributed by atoms with Gasteiger partial charge in [0, 0.05) is 31.9 Å². The lowest BCUT2D eigenvalue weighted by molar-refractivity contribution is -0.143. The van der Waals surface area contributed by atoms with E-state index in [0.29, 0.717) is 6.42 Å². The summed E-state index contributed by atoms with van der Waals surface area (Å²) in [6.45, 7) is 6.78. The van der Waals surface area contributed by atoms with Gasteiger partial charge in [0.2, 0.25) is 0 Å². The predicted molar refractivity (Wildman–Crippen MR) is 131 cm³/mol. The molecule has 3 aromatic carbocycles. The number of carboxylic acid groups (broad SMARTS) is 1. The second-order valence-corrected chi connectivity index (χ2v) is 8.85. The normalized spacial score (nSPS) is 16.5. The Morgan fingerprint density at radius 3 is 2.12 bits per heavy atom.